The molecule has 1 aromatic carbocycles. The van der Waals surface area contributed by atoms with E-state index < -0.39 is 0 Å². The highest BCUT2D eigenvalue weighted by molar-refractivity contribution is 5.25. The molecule has 1 aliphatic heterocycles. The van der Waals surface area contributed by atoms with E-state index in [0.29, 0.717) is 12.6 Å². The molecule has 118 valence electrons. The SMILES string of the molecule is CCc1ccc(C(CN2CCNCC2)N(C)CCO)cc1. The van der Waals surface area contributed by atoms with Gasteiger partial charge < -0.3 is 10.4 Å². The molecule has 1 fully saturated rings. The van der Waals surface area contributed by atoms with Crippen LogP contribution in [0.25, 0.3) is 0 Å². The van der Waals surface area contributed by atoms with Crippen molar-refractivity contribution in [2.24, 2.45) is 0 Å². The molecule has 1 saturated heterocycles. The molecule has 0 aliphatic carbocycles. The standard InChI is InChI=1S/C17H29N3O/c1-3-15-4-6-16(7-5-15)17(19(2)12-13-21)14-20-10-8-18-9-11-20/h4-7,17-18,21H,3,8-14H2,1-2H3. The number of aliphatic hydroxyl groups excluding tert-OH is 1. The zero-order valence-corrected chi connectivity index (χ0v) is 13.4. The van der Waals surface area contributed by atoms with Crippen LogP contribution in [0.1, 0.15) is 24.1 Å². The van der Waals surface area contributed by atoms with Crippen LogP contribution in [0.4, 0.5) is 0 Å². The second-order valence-corrected chi connectivity index (χ2v) is 5.87. The minimum Gasteiger partial charge on any atom is -0.395 e. The van der Waals surface area contributed by atoms with Crippen molar-refractivity contribution in [3.05, 3.63) is 35.4 Å². The van der Waals surface area contributed by atoms with E-state index in [-0.39, 0.29) is 6.61 Å². The van der Waals surface area contributed by atoms with Gasteiger partial charge >= 0.3 is 0 Å². The number of hydrogen-bond acceptors (Lipinski definition) is 4. The van der Waals surface area contributed by atoms with Crippen LogP contribution in [0, 0.1) is 0 Å². The fraction of sp³-hybridized carbons (Fsp3) is 0.647. The topological polar surface area (TPSA) is 38.7 Å². The molecule has 1 atom stereocenters. The van der Waals surface area contributed by atoms with Crippen molar-refractivity contribution in [3.63, 3.8) is 0 Å². The predicted octanol–water partition coefficient (Wildman–Crippen LogP) is 1.12. The Morgan fingerprint density at radius 2 is 1.90 bits per heavy atom. The summed E-state index contributed by atoms with van der Waals surface area (Å²) in [5, 5.41) is 12.7. The van der Waals surface area contributed by atoms with Gasteiger partial charge in [-0.3, -0.25) is 9.80 Å². The summed E-state index contributed by atoms with van der Waals surface area (Å²) in [5.74, 6) is 0. The highest BCUT2D eigenvalue weighted by Gasteiger charge is 2.21. The summed E-state index contributed by atoms with van der Waals surface area (Å²) in [6.45, 7) is 8.51. The third kappa shape index (κ3) is 4.78. The van der Waals surface area contributed by atoms with Crippen LogP contribution in [-0.4, -0.2) is 67.8 Å². The Hall–Kier alpha value is -0.940. The van der Waals surface area contributed by atoms with Crippen LogP contribution in [0.15, 0.2) is 24.3 Å². The van der Waals surface area contributed by atoms with Gasteiger partial charge in [-0.25, -0.2) is 0 Å². The number of piperazine rings is 1. The quantitative estimate of drug-likeness (QED) is 0.790. The van der Waals surface area contributed by atoms with Gasteiger partial charge in [0, 0.05) is 45.3 Å². The summed E-state index contributed by atoms with van der Waals surface area (Å²) < 4.78 is 0. The van der Waals surface area contributed by atoms with E-state index in [0.717, 1.165) is 39.1 Å². The van der Waals surface area contributed by atoms with Gasteiger partial charge in [0.05, 0.1) is 6.61 Å². The average molecular weight is 291 g/mol. The summed E-state index contributed by atoms with van der Waals surface area (Å²) in [5.41, 5.74) is 2.73. The Kier molecular flexibility index (Phi) is 6.64. The fourth-order valence-corrected chi connectivity index (χ4v) is 2.93. The highest BCUT2D eigenvalue weighted by atomic mass is 16.3. The number of likely N-dealkylation sites (N-methyl/N-ethyl adjacent to an activating group) is 1. The van der Waals surface area contributed by atoms with Gasteiger partial charge in [-0.05, 0) is 24.6 Å². The summed E-state index contributed by atoms with van der Waals surface area (Å²) in [4.78, 5) is 4.78. The number of aryl methyl sites for hydroxylation is 1. The second kappa shape index (κ2) is 8.49. The van der Waals surface area contributed by atoms with E-state index in [9.17, 15) is 5.11 Å². The van der Waals surface area contributed by atoms with Gasteiger partial charge in [0.15, 0.2) is 0 Å². The normalized spacial score (nSPS) is 18.1. The molecule has 0 aromatic heterocycles. The Bertz CT molecular complexity index is 401. The average Bonchev–Trinajstić information content (AvgIpc) is 2.54. The predicted molar refractivity (Wildman–Crippen MR) is 87.6 cm³/mol. The molecule has 1 unspecified atom stereocenters. The van der Waals surface area contributed by atoms with Gasteiger partial charge in [-0.1, -0.05) is 31.2 Å². The van der Waals surface area contributed by atoms with Crippen LogP contribution >= 0.6 is 0 Å². The lowest BCUT2D eigenvalue weighted by molar-refractivity contribution is 0.130. The maximum atomic E-state index is 9.26. The first-order chi connectivity index (χ1) is 10.2. The van der Waals surface area contributed by atoms with Crippen LogP contribution < -0.4 is 5.32 Å². The van der Waals surface area contributed by atoms with E-state index in [1.807, 2.05) is 0 Å². The Morgan fingerprint density at radius 1 is 1.24 bits per heavy atom. The highest BCUT2D eigenvalue weighted by Crippen LogP contribution is 2.21. The first kappa shape index (κ1) is 16.4. The minimum absolute atomic E-state index is 0.210. The molecule has 2 rings (SSSR count). The zero-order chi connectivity index (χ0) is 15.1. The first-order valence-electron chi connectivity index (χ1n) is 8.07. The van der Waals surface area contributed by atoms with Crippen molar-refractivity contribution in [3.8, 4) is 0 Å². The van der Waals surface area contributed by atoms with Crippen LogP contribution in [-0.2, 0) is 6.42 Å². The maximum absolute atomic E-state index is 9.26. The van der Waals surface area contributed by atoms with Gasteiger partial charge in [0.1, 0.15) is 0 Å². The van der Waals surface area contributed by atoms with Gasteiger partial charge in [-0.2, -0.15) is 0 Å². The summed E-state index contributed by atoms with van der Waals surface area (Å²) in [7, 11) is 2.11. The zero-order valence-electron chi connectivity index (χ0n) is 13.4. The lowest BCUT2D eigenvalue weighted by Crippen LogP contribution is -2.47. The molecule has 1 aromatic rings. The van der Waals surface area contributed by atoms with Crippen LogP contribution in [0.2, 0.25) is 0 Å². The number of benzene rings is 1. The second-order valence-electron chi connectivity index (χ2n) is 5.87. The molecular formula is C17H29N3O. The molecule has 0 saturated carbocycles. The van der Waals surface area contributed by atoms with Crippen molar-refractivity contribution in [2.45, 2.75) is 19.4 Å². The molecule has 0 bridgehead atoms. The largest absolute Gasteiger partial charge is 0.395 e. The van der Waals surface area contributed by atoms with Crippen molar-refractivity contribution < 1.29 is 5.11 Å². The minimum atomic E-state index is 0.210. The van der Waals surface area contributed by atoms with Crippen LogP contribution in [0.5, 0.6) is 0 Å². The Labute approximate surface area is 128 Å². The number of nitrogens with zero attached hydrogens (tertiary/aromatic N) is 2. The lowest BCUT2D eigenvalue weighted by Gasteiger charge is -2.35. The molecule has 4 heteroatoms. The van der Waals surface area contributed by atoms with E-state index in [2.05, 4.69) is 53.4 Å². The number of hydrogen-bond donors (Lipinski definition) is 2. The van der Waals surface area contributed by atoms with Gasteiger partial charge in [-0.15, -0.1) is 0 Å². The fourth-order valence-electron chi connectivity index (χ4n) is 2.93. The molecule has 0 spiro atoms. The van der Waals surface area contributed by atoms with Crippen molar-refractivity contribution in [1.82, 2.24) is 15.1 Å². The molecule has 4 nitrogen and oxygen atoms in total. The molecule has 21 heavy (non-hydrogen) atoms. The van der Waals surface area contributed by atoms with Crippen molar-refractivity contribution in [2.75, 3.05) is 52.9 Å². The molecule has 0 amide bonds. The summed E-state index contributed by atoms with van der Waals surface area (Å²) >= 11 is 0. The van der Waals surface area contributed by atoms with Gasteiger partial charge in [0.25, 0.3) is 0 Å². The van der Waals surface area contributed by atoms with Crippen LogP contribution in [0.3, 0.4) is 0 Å². The molecule has 0 radical (unpaired) electrons. The lowest BCUT2D eigenvalue weighted by atomic mass is 10.0. The van der Waals surface area contributed by atoms with E-state index in [1.54, 1.807) is 0 Å². The Balaban J connectivity index is 2.09. The van der Waals surface area contributed by atoms with E-state index in [1.165, 1.54) is 11.1 Å². The van der Waals surface area contributed by atoms with Crippen molar-refractivity contribution in [1.29, 1.82) is 0 Å². The maximum Gasteiger partial charge on any atom is 0.0558 e. The number of rotatable bonds is 7. The molecule has 2 N–H and O–H groups in total. The van der Waals surface area contributed by atoms with E-state index >= 15 is 0 Å². The first-order valence-corrected chi connectivity index (χ1v) is 8.07. The van der Waals surface area contributed by atoms with Crippen molar-refractivity contribution >= 4 is 0 Å². The number of aliphatic hydroxyl groups is 1. The third-order valence-electron chi connectivity index (χ3n) is 4.40. The Morgan fingerprint density at radius 3 is 2.48 bits per heavy atom. The van der Waals surface area contributed by atoms with E-state index in [4.69, 9.17) is 0 Å². The van der Waals surface area contributed by atoms with Gasteiger partial charge in [0.2, 0.25) is 0 Å². The third-order valence-corrected chi connectivity index (χ3v) is 4.40. The summed E-state index contributed by atoms with van der Waals surface area (Å²) in [6.07, 6.45) is 1.08. The monoisotopic (exact) mass is 291 g/mol. The molecule has 1 heterocycles. The number of nitrogens with one attached hydrogen (secondary N) is 1. The molecular weight excluding hydrogens is 262 g/mol. The molecule has 1 aliphatic rings. The smallest absolute Gasteiger partial charge is 0.0558 e. The summed E-state index contributed by atoms with van der Waals surface area (Å²) in [6, 6.07) is 9.31.